The minimum Gasteiger partial charge on any atom is -0.439 e. The molecule has 3 rings (SSSR count). The predicted octanol–water partition coefficient (Wildman–Crippen LogP) is 2.03. The van der Waals surface area contributed by atoms with Gasteiger partial charge in [-0.15, -0.1) is 0 Å². The van der Waals surface area contributed by atoms with Crippen LogP contribution in [-0.2, 0) is 4.74 Å². The Hall–Kier alpha value is -1.26. The maximum absolute atomic E-state index is 11.9. The fraction of sp³-hybridized carbons (Fsp3) is 0.417. The molecule has 1 aromatic carbocycles. The van der Waals surface area contributed by atoms with Crippen molar-refractivity contribution in [2.24, 2.45) is 0 Å². The van der Waals surface area contributed by atoms with Gasteiger partial charge in [-0.2, -0.15) is 0 Å². The van der Waals surface area contributed by atoms with Crippen LogP contribution in [0, 0.1) is 0 Å². The largest absolute Gasteiger partial charge is 0.439 e. The number of rotatable bonds is 1. The Morgan fingerprint density at radius 3 is 2.94 bits per heavy atom. The van der Waals surface area contributed by atoms with E-state index in [1.807, 2.05) is 18.2 Å². The molecule has 0 saturated carbocycles. The van der Waals surface area contributed by atoms with Gasteiger partial charge in [0.25, 0.3) is 0 Å². The van der Waals surface area contributed by atoms with Crippen LogP contribution in [0.4, 0.5) is 10.5 Å². The highest BCUT2D eigenvalue weighted by molar-refractivity contribution is 6.33. The summed E-state index contributed by atoms with van der Waals surface area (Å²) in [5, 5.41) is 3.80. The third-order valence-corrected chi connectivity index (χ3v) is 3.64. The van der Waals surface area contributed by atoms with Crippen LogP contribution in [0.5, 0.6) is 0 Å². The molecule has 2 aliphatic rings. The summed E-state index contributed by atoms with van der Waals surface area (Å²) in [4.78, 5) is 13.5. The Bertz CT molecular complexity index is 458. The lowest BCUT2D eigenvalue weighted by molar-refractivity contribution is 0.0733. The Kier molecular flexibility index (Phi) is 2.49. The van der Waals surface area contributed by atoms with Gasteiger partial charge in [-0.1, -0.05) is 23.7 Å². The van der Waals surface area contributed by atoms with Gasteiger partial charge in [0, 0.05) is 13.0 Å². The van der Waals surface area contributed by atoms with Gasteiger partial charge in [0.1, 0.15) is 5.60 Å². The summed E-state index contributed by atoms with van der Waals surface area (Å²) >= 11 is 6.10. The van der Waals surface area contributed by atoms with Gasteiger partial charge < -0.3 is 10.1 Å². The molecule has 2 fully saturated rings. The number of nitrogens with zero attached hydrogens (tertiary/aromatic N) is 1. The lowest BCUT2D eigenvalue weighted by atomic mass is 10.0. The highest BCUT2D eigenvalue weighted by Crippen LogP contribution is 2.35. The molecule has 1 unspecified atom stereocenters. The van der Waals surface area contributed by atoms with E-state index in [4.69, 9.17) is 16.3 Å². The molecule has 0 bridgehead atoms. The summed E-state index contributed by atoms with van der Waals surface area (Å²) in [6.45, 7) is 2.19. The zero-order valence-electron chi connectivity index (χ0n) is 9.28. The van der Waals surface area contributed by atoms with Crippen LogP contribution >= 0.6 is 11.6 Å². The molecule has 0 aromatic heterocycles. The van der Waals surface area contributed by atoms with Crippen LogP contribution in [0.2, 0.25) is 5.02 Å². The van der Waals surface area contributed by atoms with Gasteiger partial charge in [-0.3, -0.25) is 4.90 Å². The molecule has 4 nitrogen and oxygen atoms in total. The number of para-hydroxylation sites is 1. The van der Waals surface area contributed by atoms with Crippen LogP contribution < -0.4 is 10.2 Å². The average Bonchev–Trinajstić information content (AvgIpc) is 2.88. The summed E-state index contributed by atoms with van der Waals surface area (Å²) in [6.07, 6.45) is 0.557. The zero-order chi connectivity index (χ0) is 11.9. The molecule has 90 valence electrons. The molecule has 1 amide bonds. The quantitative estimate of drug-likeness (QED) is 0.832. The molecular weight excluding hydrogens is 240 g/mol. The molecule has 17 heavy (non-hydrogen) atoms. The Balaban J connectivity index is 1.90. The third kappa shape index (κ3) is 1.77. The molecule has 1 N–H and O–H groups in total. The lowest BCUT2D eigenvalue weighted by Crippen LogP contribution is -2.36. The zero-order valence-corrected chi connectivity index (χ0v) is 10.0. The molecule has 5 heteroatoms. The first kappa shape index (κ1) is 10.9. The highest BCUT2D eigenvalue weighted by Gasteiger charge is 2.47. The van der Waals surface area contributed by atoms with Gasteiger partial charge in [0.05, 0.1) is 17.3 Å². The fourth-order valence-electron chi connectivity index (χ4n) is 2.42. The van der Waals surface area contributed by atoms with Gasteiger partial charge in [0.2, 0.25) is 0 Å². The van der Waals surface area contributed by atoms with E-state index >= 15 is 0 Å². The first-order valence-corrected chi connectivity index (χ1v) is 6.04. The van der Waals surface area contributed by atoms with E-state index in [1.54, 1.807) is 11.0 Å². The lowest BCUT2D eigenvalue weighted by Gasteiger charge is -2.19. The molecule has 1 aromatic rings. The van der Waals surface area contributed by atoms with Crippen LogP contribution in [-0.4, -0.2) is 31.3 Å². The van der Waals surface area contributed by atoms with Crippen molar-refractivity contribution >= 4 is 23.4 Å². The summed E-state index contributed by atoms with van der Waals surface area (Å²) in [5.41, 5.74) is 0.360. The summed E-state index contributed by atoms with van der Waals surface area (Å²) in [7, 11) is 0. The monoisotopic (exact) mass is 252 g/mol. The van der Waals surface area contributed by atoms with E-state index in [0.717, 1.165) is 25.2 Å². The minimum absolute atomic E-state index is 0.304. The SMILES string of the molecule is O=C1OC2(CCNC2)CN1c1ccccc1Cl. The number of nitrogens with one attached hydrogen (secondary N) is 1. The normalized spacial score (nSPS) is 27.8. The number of hydrogen-bond donors (Lipinski definition) is 1. The van der Waals surface area contributed by atoms with E-state index in [1.165, 1.54) is 0 Å². The van der Waals surface area contributed by atoms with Crippen LogP contribution in [0.1, 0.15) is 6.42 Å². The van der Waals surface area contributed by atoms with Crippen molar-refractivity contribution in [1.29, 1.82) is 0 Å². The van der Waals surface area contributed by atoms with Crippen LogP contribution in [0.15, 0.2) is 24.3 Å². The van der Waals surface area contributed by atoms with Gasteiger partial charge in [-0.25, -0.2) is 4.79 Å². The number of carbonyl (C=O) groups excluding carboxylic acids is 1. The number of ether oxygens (including phenoxy) is 1. The molecule has 2 saturated heterocycles. The highest BCUT2D eigenvalue weighted by atomic mass is 35.5. The molecule has 1 spiro atoms. The second-order valence-corrected chi connectivity index (χ2v) is 4.92. The Labute approximate surface area is 104 Å². The number of carbonyl (C=O) groups is 1. The second kappa shape index (κ2) is 3.89. The van der Waals surface area contributed by atoms with Crippen molar-refractivity contribution in [3.8, 4) is 0 Å². The molecule has 1 atom stereocenters. The van der Waals surface area contributed by atoms with E-state index < -0.39 is 0 Å². The summed E-state index contributed by atoms with van der Waals surface area (Å²) in [5.74, 6) is 0. The minimum atomic E-state index is -0.365. The third-order valence-electron chi connectivity index (χ3n) is 3.32. The van der Waals surface area contributed by atoms with E-state index in [9.17, 15) is 4.79 Å². The van der Waals surface area contributed by atoms with E-state index in [-0.39, 0.29) is 11.7 Å². The van der Waals surface area contributed by atoms with E-state index in [0.29, 0.717) is 11.6 Å². The first-order chi connectivity index (χ1) is 8.20. The van der Waals surface area contributed by atoms with E-state index in [2.05, 4.69) is 5.32 Å². The maximum Gasteiger partial charge on any atom is 0.415 e. The van der Waals surface area contributed by atoms with Gasteiger partial charge >= 0.3 is 6.09 Å². The van der Waals surface area contributed by atoms with Crippen molar-refractivity contribution in [3.63, 3.8) is 0 Å². The number of hydrogen-bond acceptors (Lipinski definition) is 3. The molecule has 2 aliphatic heterocycles. The molecule has 2 heterocycles. The van der Waals surface area contributed by atoms with Crippen molar-refractivity contribution in [2.45, 2.75) is 12.0 Å². The molecule has 0 radical (unpaired) electrons. The summed E-state index contributed by atoms with van der Waals surface area (Å²) in [6, 6.07) is 7.33. The fourth-order valence-corrected chi connectivity index (χ4v) is 2.66. The van der Waals surface area contributed by atoms with Gasteiger partial charge in [-0.05, 0) is 18.7 Å². The van der Waals surface area contributed by atoms with Crippen molar-refractivity contribution in [2.75, 3.05) is 24.5 Å². The number of anilines is 1. The number of halogens is 1. The first-order valence-electron chi connectivity index (χ1n) is 5.66. The van der Waals surface area contributed by atoms with Crippen molar-refractivity contribution < 1.29 is 9.53 Å². The number of amides is 1. The second-order valence-electron chi connectivity index (χ2n) is 4.52. The van der Waals surface area contributed by atoms with Crippen LogP contribution in [0.25, 0.3) is 0 Å². The maximum atomic E-state index is 11.9. The smallest absolute Gasteiger partial charge is 0.415 e. The topological polar surface area (TPSA) is 41.6 Å². The predicted molar refractivity (Wildman–Crippen MR) is 65.5 cm³/mol. The van der Waals surface area contributed by atoms with Crippen molar-refractivity contribution in [3.05, 3.63) is 29.3 Å². The molecular formula is C12H13ClN2O2. The van der Waals surface area contributed by atoms with Gasteiger partial charge in [0.15, 0.2) is 0 Å². The standard InChI is InChI=1S/C12H13ClN2O2/c13-9-3-1-2-4-10(9)15-8-12(17-11(15)16)5-6-14-7-12/h1-4,14H,5-8H2. The molecule has 0 aliphatic carbocycles. The van der Waals surface area contributed by atoms with Crippen LogP contribution in [0.3, 0.4) is 0 Å². The average molecular weight is 253 g/mol. The van der Waals surface area contributed by atoms with Crippen molar-refractivity contribution in [1.82, 2.24) is 5.32 Å². The Morgan fingerprint density at radius 1 is 1.41 bits per heavy atom. The number of benzene rings is 1. The Morgan fingerprint density at radius 2 is 2.24 bits per heavy atom. The summed E-state index contributed by atoms with van der Waals surface area (Å²) < 4.78 is 5.50.